The smallest absolute Gasteiger partial charge is 0.266 e. The number of sulfonamides is 1. The number of aromatic nitrogens is 3. The number of nitrogens with zero attached hydrogens (tertiary/aromatic N) is 2. The highest BCUT2D eigenvalue weighted by Crippen LogP contribution is 2.20. The van der Waals surface area contributed by atoms with Crippen molar-refractivity contribution >= 4 is 21.5 Å². The van der Waals surface area contributed by atoms with E-state index in [0.717, 1.165) is 25.1 Å². The second-order valence-corrected chi connectivity index (χ2v) is 6.70. The molecular formula is C14H21N5O2S. The maximum absolute atomic E-state index is 12.4. The van der Waals surface area contributed by atoms with E-state index in [1.54, 1.807) is 32.2 Å². The molecule has 0 amide bonds. The molecular weight excluding hydrogens is 302 g/mol. The molecule has 0 saturated heterocycles. The van der Waals surface area contributed by atoms with E-state index in [1.807, 2.05) is 0 Å². The summed E-state index contributed by atoms with van der Waals surface area (Å²) in [5.74, 6) is 0.279. The van der Waals surface area contributed by atoms with Gasteiger partial charge in [-0.25, -0.2) is 13.4 Å². The minimum Gasteiger partial charge on any atom is -0.384 e. The van der Waals surface area contributed by atoms with Gasteiger partial charge in [0.05, 0.1) is 23.3 Å². The van der Waals surface area contributed by atoms with Crippen LogP contribution in [0.1, 0.15) is 31.2 Å². The van der Waals surface area contributed by atoms with Crippen molar-refractivity contribution in [3.05, 3.63) is 29.7 Å². The summed E-state index contributed by atoms with van der Waals surface area (Å²) in [6.07, 6.45) is 3.80. The fraction of sp³-hybridized carbons (Fsp3) is 0.429. The lowest BCUT2D eigenvalue weighted by molar-refractivity contribution is 0.600. The lowest BCUT2D eigenvalue weighted by atomic mass is 10.3. The summed E-state index contributed by atoms with van der Waals surface area (Å²) < 4.78 is 27.2. The van der Waals surface area contributed by atoms with E-state index in [1.165, 1.54) is 0 Å². The van der Waals surface area contributed by atoms with Gasteiger partial charge in [-0.2, -0.15) is 5.10 Å². The zero-order valence-corrected chi connectivity index (χ0v) is 13.8. The largest absolute Gasteiger partial charge is 0.384 e. The molecule has 0 atom stereocenters. The van der Waals surface area contributed by atoms with Crippen LogP contribution in [0.15, 0.2) is 23.2 Å². The first-order valence-corrected chi connectivity index (χ1v) is 8.66. The number of hydrogen-bond acceptors (Lipinski definition) is 5. The second-order valence-electron chi connectivity index (χ2n) is 5.08. The van der Waals surface area contributed by atoms with Crippen molar-refractivity contribution in [2.45, 2.75) is 38.5 Å². The van der Waals surface area contributed by atoms with Crippen molar-refractivity contribution in [2.75, 3.05) is 16.6 Å². The van der Waals surface area contributed by atoms with E-state index in [9.17, 15) is 8.42 Å². The highest BCUT2D eigenvalue weighted by molar-refractivity contribution is 7.92. The SMILES string of the molecule is CCCCNc1ccc(NS(=O)(=O)c2c(C)n[nH]c2C)nc1. The van der Waals surface area contributed by atoms with Crippen molar-refractivity contribution in [1.29, 1.82) is 0 Å². The molecule has 2 aromatic heterocycles. The highest BCUT2D eigenvalue weighted by atomic mass is 32.2. The molecule has 3 N–H and O–H groups in total. The van der Waals surface area contributed by atoms with Gasteiger partial charge in [-0.3, -0.25) is 9.82 Å². The van der Waals surface area contributed by atoms with Crippen LogP contribution in [-0.4, -0.2) is 30.1 Å². The molecule has 120 valence electrons. The van der Waals surface area contributed by atoms with Crippen LogP contribution >= 0.6 is 0 Å². The fourth-order valence-electron chi connectivity index (χ4n) is 2.09. The molecule has 0 saturated carbocycles. The molecule has 8 heteroatoms. The number of aryl methyl sites for hydroxylation is 2. The number of pyridine rings is 1. The van der Waals surface area contributed by atoms with Gasteiger partial charge in [0.15, 0.2) is 0 Å². The molecule has 0 aliphatic carbocycles. The first kappa shape index (κ1) is 16.3. The Morgan fingerprint density at radius 3 is 2.59 bits per heavy atom. The van der Waals surface area contributed by atoms with Crippen LogP contribution in [0.25, 0.3) is 0 Å². The number of hydrogen-bond donors (Lipinski definition) is 3. The Morgan fingerprint density at radius 1 is 1.27 bits per heavy atom. The van der Waals surface area contributed by atoms with Gasteiger partial charge in [0.2, 0.25) is 0 Å². The summed E-state index contributed by atoms with van der Waals surface area (Å²) in [4.78, 5) is 4.29. The molecule has 0 aromatic carbocycles. The molecule has 0 aliphatic rings. The van der Waals surface area contributed by atoms with E-state index in [-0.39, 0.29) is 10.7 Å². The van der Waals surface area contributed by atoms with Crippen LogP contribution in [0.2, 0.25) is 0 Å². The zero-order chi connectivity index (χ0) is 16.2. The van der Waals surface area contributed by atoms with Gasteiger partial charge in [-0.1, -0.05) is 13.3 Å². The van der Waals surface area contributed by atoms with Gasteiger partial charge < -0.3 is 5.32 Å². The topological polar surface area (TPSA) is 99.8 Å². The second kappa shape index (κ2) is 6.78. The van der Waals surface area contributed by atoms with Gasteiger partial charge in [0.1, 0.15) is 10.7 Å². The predicted octanol–water partition coefficient (Wildman–Crippen LogP) is 2.43. The maximum atomic E-state index is 12.4. The Morgan fingerprint density at radius 2 is 2.05 bits per heavy atom. The summed E-state index contributed by atoms with van der Waals surface area (Å²) >= 11 is 0. The Bertz CT molecular complexity index is 703. The maximum Gasteiger partial charge on any atom is 0.266 e. The van der Waals surface area contributed by atoms with Crippen LogP contribution in [-0.2, 0) is 10.0 Å². The van der Waals surface area contributed by atoms with Crippen molar-refractivity contribution in [2.24, 2.45) is 0 Å². The van der Waals surface area contributed by atoms with Gasteiger partial charge in [-0.15, -0.1) is 0 Å². The van der Waals surface area contributed by atoms with Crippen LogP contribution < -0.4 is 10.0 Å². The third kappa shape index (κ3) is 3.76. The third-order valence-corrected chi connectivity index (χ3v) is 4.81. The summed E-state index contributed by atoms with van der Waals surface area (Å²) in [5, 5.41) is 9.80. The number of nitrogens with one attached hydrogen (secondary N) is 3. The Labute approximate surface area is 130 Å². The molecule has 0 fully saturated rings. The molecule has 7 nitrogen and oxygen atoms in total. The lowest BCUT2D eigenvalue weighted by Gasteiger charge is -2.09. The van der Waals surface area contributed by atoms with Gasteiger partial charge >= 0.3 is 0 Å². The lowest BCUT2D eigenvalue weighted by Crippen LogP contribution is -2.15. The molecule has 2 aromatic rings. The third-order valence-electron chi connectivity index (χ3n) is 3.19. The van der Waals surface area contributed by atoms with Gasteiger partial charge in [0, 0.05) is 6.54 Å². The number of anilines is 2. The highest BCUT2D eigenvalue weighted by Gasteiger charge is 2.22. The first-order valence-electron chi connectivity index (χ1n) is 7.18. The fourth-order valence-corrected chi connectivity index (χ4v) is 3.48. The Hall–Kier alpha value is -2.09. The molecule has 0 aliphatic heterocycles. The minimum absolute atomic E-state index is 0.166. The average molecular weight is 323 g/mol. The molecule has 0 unspecified atom stereocenters. The van der Waals surface area contributed by atoms with E-state index in [4.69, 9.17) is 0 Å². The zero-order valence-electron chi connectivity index (χ0n) is 13.0. The van der Waals surface area contributed by atoms with Crippen LogP contribution in [0.4, 0.5) is 11.5 Å². The minimum atomic E-state index is -3.69. The van der Waals surface area contributed by atoms with Crippen LogP contribution in [0.5, 0.6) is 0 Å². The van der Waals surface area contributed by atoms with E-state index in [0.29, 0.717) is 11.4 Å². The van der Waals surface area contributed by atoms with Crippen molar-refractivity contribution < 1.29 is 8.42 Å². The van der Waals surface area contributed by atoms with Crippen molar-refractivity contribution in [1.82, 2.24) is 15.2 Å². The molecule has 0 spiro atoms. The molecule has 2 heterocycles. The normalized spacial score (nSPS) is 11.4. The standard InChI is InChI=1S/C14H21N5O2S/c1-4-5-8-15-12-6-7-13(16-9-12)19-22(20,21)14-10(2)17-18-11(14)3/h6-7,9,15H,4-5,8H2,1-3H3,(H,16,19)(H,17,18). The summed E-state index contributed by atoms with van der Waals surface area (Å²) in [7, 11) is -3.69. The molecule has 0 radical (unpaired) electrons. The number of aromatic amines is 1. The Balaban J connectivity index is 2.10. The molecule has 2 rings (SSSR count). The quantitative estimate of drug-likeness (QED) is 0.680. The van der Waals surface area contributed by atoms with Crippen LogP contribution in [0.3, 0.4) is 0 Å². The molecule has 0 bridgehead atoms. The van der Waals surface area contributed by atoms with E-state index < -0.39 is 10.0 Å². The monoisotopic (exact) mass is 323 g/mol. The van der Waals surface area contributed by atoms with Gasteiger partial charge in [-0.05, 0) is 32.4 Å². The number of rotatable bonds is 7. The van der Waals surface area contributed by atoms with Crippen molar-refractivity contribution in [3.8, 4) is 0 Å². The summed E-state index contributed by atoms with van der Waals surface area (Å²) in [5.41, 5.74) is 1.80. The van der Waals surface area contributed by atoms with Crippen molar-refractivity contribution in [3.63, 3.8) is 0 Å². The molecule has 22 heavy (non-hydrogen) atoms. The average Bonchev–Trinajstić information content (AvgIpc) is 2.81. The number of unbranched alkanes of at least 4 members (excludes halogenated alkanes) is 1. The summed E-state index contributed by atoms with van der Waals surface area (Å²) in [6.45, 7) is 6.31. The summed E-state index contributed by atoms with van der Waals surface area (Å²) in [6, 6.07) is 3.44. The Kier molecular flexibility index (Phi) is 5.02. The predicted molar refractivity (Wildman–Crippen MR) is 86.5 cm³/mol. The first-order chi connectivity index (χ1) is 10.4. The van der Waals surface area contributed by atoms with E-state index >= 15 is 0 Å². The number of H-pyrrole nitrogens is 1. The van der Waals surface area contributed by atoms with E-state index in [2.05, 4.69) is 32.1 Å². The van der Waals surface area contributed by atoms with Crippen LogP contribution in [0, 0.1) is 13.8 Å². The van der Waals surface area contributed by atoms with Gasteiger partial charge in [0.25, 0.3) is 10.0 Å².